The van der Waals surface area contributed by atoms with Crippen molar-refractivity contribution >= 4 is 29.1 Å². The van der Waals surface area contributed by atoms with Gasteiger partial charge in [0.1, 0.15) is 12.3 Å². The Morgan fingerprint density at radius 2 is 1.93 bits per heavy atom. The number of ether oxygens (including phenoxy) is 1. The first-order chi connectivity index (χ1) is 14.1. The van der Waals surface area contributed by atoms with Crippen LogP contribution in [0.1, 0.15) is 37.7 Å². The average molecular weight is 414 g/mol. The lowest BCUT2D eigenvalue weighted by Crippen LogP contribution is -2.51. The van der Waals surface area contributed by atoms with E-state index in [2.05, 4.69) is 4.98 Å². The van der Waals surface area contributed by atoms with Crippen molar-refractivity contribution in [1.82, 2.24) is 9.88 Å². The Morgan fingerprint density at radius 1 is 1.21 bits per heavy atom. The second-order valence-corrected chi connectivity index (χ2v) is 7.92. The van der Waals surface area contributed by atoms with E-state index in [0.29, 0.717) is 41.9 Å². The second-order valence-electron chi connectivity index (χ2n) is 7.49. The summed E-state index contributed by atoms with van der Waals surface area (Å²) in [5, 5.41) is 0.505. The zero-order valence-corrected chi connectivity index (χ0v) is 17.1. The highest BCUT2D eigenvalue weighted by atomic mass is 35.5. The van der Waals surface area contributed by atoms with E-state index < -0.39 is 6.10 Å². The van der Waals surface area contributed by atoms with Crippen molar-refractivity contribution in [2.24, 2.45) is 0 Å². The average Bonchev–Trinajstić information content (AvgIpc) is 2.76. The normalized spacial score (nSPS) is 19.7. The van der Waals surface area contributed by atoms with Gasteiger partial charge in [-0.25, -0.2) is 0 Å². The number of pyridine rings is 1. The molecule has 1 fully saturated rings. The lowest BCUT2D eigenvalue weighted by Gasteiger charge is -2.37. The molecule has 2 aliphatic rings. The minimum absolute atomic E-state index is 0.00591. The molecule has 0 N–H and O–H groups in total. The molecule has 7 heteroatoms. The van der Waals surface area contributed by atoms with Gasteiger partial charge >= 0.3 is 0 Å². The van der Waals surface area contributed by atoms with Gasteiger partial charge in [-0.15, -0.1) is 0 Å². The molecule has 1 aromatic heterocycles. The van der Waals surface area contributed by atoms with Gasteiger partial charge in [-0.3, -0.25) is 19.5 Å². The largest absolute Gasteiger partial charge is 0.478 e. The first-order valence-corrected chi connectivity index (χ1v) is 10.4. The van der Waals surface area contributed by atoms with Crippen LogP contribution < -0.4 is 9.64 Å². The summed E-state index contributed by atoms with van der Waals surface area (Å²) in [4.78, 5) is 33.3. The molecule has 1 atom stereocenters. The Bertz CT molecular complexity index is 897. The fourth-order valence-electron chi connectivity index (χ4n) is 4.05. The lowest BCUT2D eigenvalue weighted by molar-refractivity contribution is -0.134. The quantitative estimate of drug-likeness (QED) is 0.767. The van der Waals surface area contributed by atoms with E-state index in [4.69, 9.17) is 16.3 Å². The molecule has 1 saturated heterocycles. The minimum Gasteiger partial charge on any atom is -0.478 e. The van der Waals surface area contributed by atoms with Gasteiger partial charge in [0, 0.05) is 30.5 Å². The fraction of sp³-hybridized carbons (Fsp3) is 0.409. The van der Waals surface area contributed by atoms with Crippen molar-refractivity contribution in [3.63, 3.8) is 0 Å². The van der Waals surface area contributed by atoms with Crippen LogP contribution in [-0.4, -0.2) is 47.4 Å². The highest BCUT2D eigenvalue weighted by Gasteiger charge is 2.36. The summed E-state index contributed by atoms with van der Waals surface area (Å²) in [6.45, 7) is 3.27. The van der Waals surface area contributed by atoms with Crippen LogP contribution in [-0.2, 0) is 9.59 Å². The number of nitrogens with zero attached hydrogens (tertiary/aromatic N) is 3. The molecule has 0 radical (unpaired) electrons. The molecular weight excluding hydrogens is 390 g/mol. The number of amides is 2. The number of aromatic nitrogens is 1. The van der Waals surface area contributed by atoms with Crippen molar-refractivity contribution in [1.29, 1.82) is 0 Å². The Morgan fingerprint density at radius 3 is 2.62 bits per heavy atom. The van der Waals surface area contributed by atoms with Gasteiger partial charge in [0.25, 0.3) is 5.91 Å². The SMILES string of the molecule is CCC1Oc2ccc(Cl)cc2N(CC(=O)N2CCC(c3ccncc3)CC2)C1=O. The molecule has 29 heavy (non-hydrogen) atoms. The summed E-state index contributed by atoms with van der Waals surface area (Å²) in [6.07, 6.45) is 5.41. The Labute approximate surface area is 175 Å². The standard InChI is InChI=1S/C22H24ClN3O3/c1-2-19-22(28)26(18-13-17(23)3-4-20(18)29-19)14-21(27)25-11-7-16(8-12-25)15-5-9-24-10-6-15/h3-6,9-10,13,16,19H,2,7-8,11-12,14H2,1H3. The molecule has 0 bridgehead atoms. The summed E-state index contributed by atoms with van der Waals surface area (Å²) < 4.78 is 5.79. The number of carbonyl (C=O) groups is 2. The van der Waals surface area contributed by atoms with E-state index in [1.54, 1.807) is 18.2 Å². The van der Waals surface area contributed by atoms with Crippen molar-refractivity contribution in [3.05, 3.63) is 53.3 Å². The van der Waals surface area contributed by atoms with Gasteiger partial charge in [-0.05, 0) is 61.1 Å². The Balaban J connectivity index is 1.45. The molecule has 0 spiro atoms. The number of halogens is 1. The van der Waals surface area contributed by atoms with E-state index in [9.17, 15) is 9.59 Å². The summed E-state index contributed by atoms with van der Waals surface area (Å²) >= 11 is 6.13. The highest BCUT2D eigenvalue weighted by Crippen LogP contribution is 2.37. The summed E-state index contributed by atoms with van der Waals surface area (Å²) in [6, 6.07) is 9.25. The summed E-state index contributed by atoms with van der Waals surface area (Å²) in [7, 11) is 0. The van der Waals surface area contributed by atoms with Gasteiger partial charge in [0.05, 0.1) is 5.69 Å². The van der Waals surface area contributed by atoms with Gasteiger partial charge in [0.15, 0.2) is 6.10 Å². The molecule has 152 valence electrons. The van der Waals surface area contributed by atoms with E-state index in [0.717, 1.165) is 12.8 Å². The number of hydrogen-bond donors (Lipinski definition) is 0. The van der Waals surface area contributed by atoms with Gasteiger partial charge in [0.2, 0.25) is 5.91 Å². The number of likely N-dealkylation sites (tertiary alicyclic amines) is 1. The van der Waals surface area contributed by atoms with Gasteiger partial charge in [-0.1, -0.05) is 18.5 Å². The molecule has 2 aliphatic heterocycles. The van der Waals surface area contributed by atoms with Crippen LogP contribution in [0.2, 0.25) is 5.02 Å². The predicted octanol–water partition coefficient (Wildman–Crippen LogP) is 3.65. The fourth-order valence-corrected chi connectivity index (χ4v) is 4.22. The van der Waals surface area contributed by atoms with E-state index in [1.807, 2.05) is 36.4 Å². The van der Waals surface area contributed by atoms with E-state index in [1.165, 1.54) is 10.5 Å². The van der Waals surface area contributed by atoms with Gasteiger partial charge in [-0.2, -0.15) is 0 Å². The van der Waals surface area contributed by atoms with Crippen LogP contribution in [0.4, 0.5) is 5.69 Å². The first kappa shape index (κ1) is 19.7. The Hall–Kier alpha value is -2.60. The number of benzene rings is 1. The molecular formula is C22H24ClN3O3. The maximum Gasteiger partial charge on any atom is 0.268 e. The zero-order chi connectivity index (χ0) is 20.4. The van der Waals surface area contributed by atoms with E-state index in [-0.39, 0.29) is 18.4 Å². The molecule has 3 heterocycles. The lowest BCUT2D eigenvalue weighted by atomic mass is 9.90. The van der Waals surface area contributed by atoms with Crippen LogP contribution in [0.25, 0.3) is 0 Å². The first-order valence-electron chi connectivity index (χ1n) is 10.0. The van der Waals surface area contributed by atoms with Crippen molar-refractivity contribution in [3.8, 4) is 5.75 Å². The maximum atomic E-state index is 13.0. The van der Waals surface area contributed by atoms with Crippen LogP contribution >= 0.6 is 11.6 Å². The molecule has 2 amide bonds. The third kappa shape index (κ3) is 4.08. The third-order valence-corrected chi connectivity index (χ3v) is 5.95. The number of carbonyl (C=O) groups excluding carboxylic acids is 2. The molecule has 2 aromatic rings. The number of hydrogen-bond acceptors (Lipinski definition) is 4. The molecule has 1 aromatic carbocycles. The van der Waals surface area contributed by atoms with Crippen LogP contribution in [0, 0.1) is 0 Å². The minimum atomic E-state index is -0.575. The van der Waals surface area contributed by atoms with Crippen molar-refractivity contribution in [2.75, 3.05) is 24.5 Å². The number of fused-ring (bicyclic) bond motifs is 1. The molecule has 1 unspecified atom stereocenters. The third-order valence-electron chi connectivity index (χ3n) is 5.71. The molecule has 0 saturated carbocycles. The predicted molar refractivity (Wildman–Crippen MR) is 111 cm³/mol. The molecule has 6 nitrogen and oxygen atoms in total. The van der Waals surface area contributed by atoms with Crippen LogP contribution in [0.3, 0.4) is 0 Å². The number of rotatable bonds is 4. The smallest absolute Gasteiger partial charge is 0.268 e. The monoisotopic (exact) mass is 413 g/mol. The number of anilines is 1. The number of piperidine rings is 1. The highest BCUT2D eigenvalue weighted by molar-refractivity contribution is 6.31. The van der Waals surface area contributed by atoms with Crippen molar-refractivity contribution in [2.45, 2.75) is 38.2 Å². The summed E-state index contributed by atoms with van der Waals surface area (Å²) in [5.74, 6) is 0.789. The van der Waals surface area contributed by atoms with E-state index >= 15 is 0 Å². The summed E-state index contributed by atoms with van der Waals surface area (Å²) in [5.41, 5.74) is 1.83. The van der Waals surface area contributed by atoms with Crippen LogP contribution in [0.15, 0.2) is 42.7 Å². The maximum absolute atomic E-state index is 13.0. The molecule has 0 aliphatic carbocycles. The zero-order valence-electron chi connectivity index (χ0n) is 16.4. The van der Waals surface area contributed by atoms with Gasteiger partial charge < -0.3 is 9.64 Å². The van der Waals surface area contributed by atoms with Crippen LogP contribution in [0.5, 0.6) is 5.75 Å². The molecule has 4 rings (SSSR count). The topological polar surface area (TPSA) is 62.7 Å². The Kier molecular flexibility index (Phi) is 5.72. The van der Waals surface area contributed by atoms with Crippen molar-refractivity contribution < 1.29 is 14.3 Å². The second kappa shape index (κ2) is 8.41.